The summed E-state index contributed by atoms with van der Waals surface area (Å²) >= 11 is 0. The Morgan fingerprint density at radius 1 is 0.886 bits per heavy atom. The quantitative estimate of drug-likeness (QED) is 0.502. The van der Waals surface area contributed by atoms with Crippen molar-refractivity contribution in [3.05, 3.63) is 54.1 Å². The minimum Gasteiger partial charge on any atom is -0.403 e. The molecular formula is C23H26N4O6S2. The average molecular weight is 519 g/mol. The molecule has 1 amide bonds. The van der Waals surface area contributed by atoms with Gasteiger partial charge < -0.3 is 4.42 Å². The van der Waals surface area contributed by atoms with E-state index in [1.54, 1.807) is 19.1 Å². The monoisotopic (exact) mass is 518 g/mol. The predicted molar refractivity (Wildman–Crippen MR) is 129 cm³/mol. The highest BCUT2D eigenvalue weighted by Crippen LogP contribution is 2.23. The summed E-state index contributed by atoms with van der Waals surface area (Å²) in [5.41, 5.74) is 0.727. The highest BCUT2D eigenvalue weighted by atomic mass is 32.2. The second-order valence-corrected chi connectivity index (χ2v) is 12.4. The number of carbonyl (C=O) groups is 1. The third kappa shape index (κ3) is 5.60. The third-order valence-corrected chi connectivity index (χ3v) is 9.47. The molecule has 186 valence electrons. The Bertz CT molecular complexity index is 1390. The molecule has 1 aromatic heterocycles. The maximum atomic E-state index is 12.9. The number of sulfone groups is 1. The summed E-state index contributed by atoms with van der Waals surface area (Å²) in [4.78, 5) is 12.9. The number of carbonyl (C=O) groups excluding carboxylic acids is 1. The highest BCUT2D eigenvalue weighted by molar-refractivity contribution is 7.91. The van der Waals surface area contributed by atoms with E-state index in [-0.39, 0.29) is 33.0 Å². The standard InChI is InChI=1S/C23H26N4O6S2/c1-2-34(29,30)19-11-9-18(10-12-19)22-25-26-23(33-22)24-21(28)17-7-13-20(14-8-17)35(31,32)27-15-5-3-4-6-16-27/h7-14H,2-6,15-16H2,1H3,(H,24,26,28). The Labute approximate surface area is 204 Å². The van der Waals surface area contributed by atoms with Crippen LogP contribution in [0.1, 0.15) is 43.0 Å². The Kier molecular flexibility index (Phi) is 7.33. The first-order valence-corrected chi connectivity index (χ1v) is 14.4. The summed E-state index contributed by atoms with van der Waals surface area (Å²) in [7, 11) is -6.93. The van der Waals surface area contributed by atoms with Gasteiger partial charge in [0.05, 0.1) is 15.5 Å². The van der Waals surface area contributed by atoms with Gasteiger partial charge in [0.25, 0.3) is 5.91 Å². The summed E-state index contributed by atoms with van der Waals surface area (Å²) in [6, 6.07) is 11.6. The molecule has 2 heterocycles. The molecule has 4 rings (SSSR count). The first kappa shape index (κ1) is 25.0. The number of hydrogen-bond acceptors (Lipinski definition) is 8. The van der Waals surface area contributed by atoms with Crippen LogP contribution in [0.25, 0.3) is 11.5 Å². The van der Waals surface area contributed by atoms with Gasteiger partial charge in [0.15, 0.2) is 9.84 Å². The van der Waals surface area contributed by atoms with Crippen LogP contribution in [0.2, 0.25) is 0 Å². The number of rotatable bonds is 7. The van der Waals surface area contributed by atoms with Gasteiger partial charge in [-0.3, -0.25) is 10.1 Å². The number of nitrogens with one attached hydrogen (secondary N) is 1. The lowest BCUT2D eigenvalue weighted by Gasteiger charge is -2.19. The largest absolute Gasteiger partial charge is 0.403 e. The van der Waals surface area contributed by atoms with Gasteiger partial charge in [-0.05, 0) is 61.4 Å². The number of anilines is 1. The van der Waals surface area contributed by atoms with Gasteiger partial charge in [0.2, 0.25) is 15.9 Å². The number of sulfonamides is 1. The van der Waals surface area contributed by atoms with Crippen LogP contribution in [0.4, 0.5) is 6.01 Å². The van der Waals surface area contributed by atoms with Crippen LogP contribution in [0, 0.1) is 0 Å². The Hall–Kier alpha value is -3.09. The van der Waals surface area contributed by atoms with E-state index in [9.17, 15) is 21.6 Å². The van der Waals surface area contributed by atoms with Gasteiger partial charge in [-0.2, -0.15) is 4.31 Å². The molecule has 12 heteroatoms. The van der Waals surface area contributed by atoms with E-state index < -0.39 is 25.8 Å². The van der Waals surface area contributed by atoms with Gasteiger partial charge in [-0.1, -0.05) is 24.9 Å². The van der Waals surface area contributed by atoms with Crippen molar-refractivity contribution in [2.75, 3.05) is 24.2 Å². The van der Waals surface area contributed by atoms with Crippen LogP contribution < -0.4 is 5.32 Å². The van der Waals surface area contributed by atoms with E-state index in [0.29, 0.717) is 18.7 Å². The van der Waals surface area contributed by atoms with E-state index in [2.05, 4.69) is 15.5 Å². The predicted octanol–water partition coefficient (Wildman–Crippen LogP) is 3.35. The fourth-order valence-electron chi connectivity index (χ4n) is 3.74. The Balaban J connectivity index is 1.43. The molecular weight excluding hydrogens is 492 g/mol. The van der Waals surface area contributed by atoms with E-state index in [1.165, 1.54) is 40.7 Å². The maximum Gasteiger partial charge on any atom is 0.322 e. The second kappa shape index (κ2) is 10.3. The van der Waals surface area contributed by atoms with E-state index in [4.69, 9.17) is 4.42 Å². The zero-order chi connectivity index (χ0) is 25.1. The van der Waals surface area contributed by atoms with Crippen LogP contribution in [-0.2, 0) is 19.9 Å². The molecule has 0 spiro atoms. The Morgan fingerprint density at radius 2 is 1.49 bits per heavy atom. The van der Waals surface area contributed by atoms with E-state index in [1.807, 2.05) is 0 Å². The molecule has 1 aliphatic heterocycles. The number of benzene rings is 2. The summed E-state index contributed by atoms with van der Waals surface area (Å²) in [6.45, 7) is 2.57. The molecule has 0 saturated carbocycles. The van der Waals surface area contributed by atoms with Gasteiger partial charge in [0, 0.05) is 24.2 Å². The summed E-state index contributed by atoms with van der Waals surface area (Å²) in [5.74, 6) is -0.434. The molecule has 0 atom stereocenters. The van der Waals surface area contributed by atoms with E-state index in [0.717, 1.165) is 25.7 Å². The van der Waals surface area contributed by atoms with E-state index >= 15 is 0 Å². The fourth-order valence-corrected chi connectivity index (χ4v) is 6.14. The van der Waals surface area contributed by atoms with Gasteiger partial charge in [0.1, 0.15) is 0 Å². The van der Waals surface area contributed by atoms with Gasteiger partial charge in [-0.25, -0.2) is 16.8 Å². The van der Waals surface area contributed by atoms with Crippen molar-refractivity contribution in [1.82, 2.24) is 14.5 Å². The first-order valence-electron chi connectivity index (χ1n) is 11.3. The number of hydrogen-bond donors (Lipinski definition) is 1. The lowest BCUT2D eigenvalue weighted by molar-refractivity contribution is 0.102. The van der Waals surface area contributed by atoms with Crippen molar-refractivity contribution in [1.29, 1.82) is 0 Å². The van der Waals surface area contributed by atoms with Crippen LogP contribution in [0.5, 0.6) is 0 Å². The SMILES string of the molecule is CCS(=O)(=O)c1ccc(-c2nnc(NC(=O)c3ccc(S(=O)(=O)N4CCCCCC4)cc3)o2)cc1. The zero-order valence-electron chi connectivity index (χ0n) is 19.2. The smallest absolute Gasteiger partial charge is 0.322 e. The van der Waals surface area contributed by atoms with Crippen molar-refractivity contribution in [3.8, 4) is 11.5 Å². The molecule has 0 unspecified atom stereocenters. The first-order chi connectivity index (χ1) is 16.7. The molecule has 3 aromatic rings. The molecule has 0 aliphatic carbocycles. The summed E-state index contributed by atoms with van der Waals surface area (Å²) in [6.07, 6.45) is 3.73. The number of nitrogens with zero attached hydrogens (tertiary/aromatic N) is 3. The summed E-state index contributed by atoms with van der Waals surface area (Å²) in [5, 5.41) is 10.2. The topological polar surface area (TPSA) is 140 Å². The van der Waals surface area contributed by atoms with Crippen LogP contribution in [-0.4, -0.2) is 56.1 Å². The maximum absolute atomic E-state index is 12.9. The molecule has 10 nitrogen and oxygen atoms in total. The molecule has 1 N–H and O–H groups in total. The fraction of sp³-hybridized carbons (Fsp3) is 0.348. The lowest BCUT2D eigenvalue weighted by Crippen LogP contribution is -2.31. The molecule has 2 aromatic carbocycles. The molecule has 1 saturated heterocycles. The minimum absolute atomic E-state index is 0.00570. The van der Waals surface area contributed by atoms with Crippen molar-refractivity contribution in [2.24, 2.45) is 0 Å². The zero-order valence-corrected chi connectivity index (χ0v) is 20.8. The van der Waals surface area contributed by atoms with Gasteiger partial charge in [-0.15, -0.1) is 5.10 Å². The van der Waals surface area contributed by atoms with Gasteiger partial charge >= 0.3 is 6.01 Å². The Morgan fingerprint density at radius 3 is 2.09 bits per heavy atom. The average Bonchev–Trinajstić information content (AvgIpc) is 3.14. The van der Waals surface area contributed by atoms with Crippen LogP contribution in [0.3, 0.4) is 0 Å². The highest BCUT2D eigenvalue weighted by Gasteiger charge is 2.25. The molecule has 1 aliphatic rings. The third-order valence-electron chi connectivity index (χ3n) is 5.81. The molecule has 0 radical (unpaired) electrons. The second-order valence-electron chi connectivity index (χ2n) is 8.14. The van der Waals surface area contributed by atoms with Crippen LogP contribution in [0.15, 0.2) is 62.7 Å². The van der Waals surface area contributed by atoms with Crippen molar-refractivity contribution in [3.63, 3.8) is 0 Å². The van der Waals surface area contributed by atoms with Crippen LogP contribution >= 0.6 is 0 Å². The number of aromatic nitrogens is 2. The van der Waals surface area contributed by atoms with Crippen molar-refractivity contribution in [2.45, 2.75) is 42.4 Å². The normalized spacial score (nSPS) is 15.5. The molecule has 35 heavy (non-hydrogen) atoms. The molecule has 1 fully saturated rings. The number of amides is 1. The van der Waals surface area contributed by atoms with Crippen molar-refractivity contribution >= 4 is 31.8 Å². The minimum atomic E-state index is -3.61. The molecule has 0 bridgehead atoms. The van der Waals surface area contributed by atoms with Crippen molar-refractivity contribution < 1.29 is 26.0 Å². The lowest BCUT2D eigenvalue weighted by atomic mass is 10.2. The summed E-state index contributed by atoms with van der Waals surface area (Å²) < 4.78 is 56.7.